The minimum Gasteiger partial charge on any atom is -0.339 e. The highest BCUT2D eigenvalue weighted by atomic mass is 16.6. The zero-order chi connectivity index (χ0) is 13.7. The fourth-order valence-corrected chi connectivity index (χ4v) is 1.64. The van der Waals surface area contributed by atoms with Gasteiger partial charge in [0.1, 0.15) is 0 Å². The summed E-state index contributed by atoms with van der Waals surface area (Å²) in [5.41, 5.74) is 6.09. The van der Waals surface area contributed by atoms with Crippen LogP contribution >= 0.6 is 0 Å². The van der Waals surface area contributed by atoms with Crippen molar-refractivity contribution in [1.29, 1.82) is 0 Å². The van der Waals surface area contributed by atoms with Crippen LogP contribution in [0.1, 0.15) is 24.9 Å². The molecule has 1 unspecified atom stereocenters. The van der Waals surface area contributed by atoms with Gasteiger partial charge in [-0.1, -0.05) is 12.1 Å². The van der Waals surface area contributed by atoms with E-state index in [0.29, 0.717) is 6.54 Å². The second-order valence-electron chi connectivity index (χ2n) is 4.07. The fourth-order valence-electron chi connectivity index (χ4n) is 1.64. The molecule has 1 amide bonds. The Balaban J connectivity index is 2.89. The van der Waals surface area contributed by atoms with Crippen LogP contribution in [0, 0.1) is 10.1 Å². The number of carbonyl (C=O) groups is 1. The molecule has 0 aliphatic heterocycles. The van der Waals surface area contributed by atoms with E-state index in [2.05, 4.69) is 0 Å². The Morgan fingerprint density at radius 3 is 2.78 bits per heavy atom. The van der Waals surface area contributed by atoms with Crippen LogP contribution in [0.4, 0.5) is 5.69 Å². The van der Waals surface area contributed by atoms with Gasteiger partial charge in [0, 0.05) is 32.1 Å². The quantitative estimate of drug-likeness (QED) is 0.633. The van der Waals surface area contributed by atoms with Gasteiger partial charge < -0.3 is 10.6 Å². The molecule has 0 saturated heterocycles. The second kappa shape index (κ2) is 6.11. The summed E-state index contributed by atoms with van der Waals surface area (Å²) in [7, 11) is 1.67. The fraction of sp³-hybridized carbons (Fsp3) is 0.417. The summed E-state index contributed by atoms with van der Waals surface area (Å²) in [5.74, 6) is -0.0727. The summed E-state index contributed by atoms with van der Waals surface area (Å²) in [4.78, 5) is 23.5. The van der Waals surface area contributed by atoms with Crippen LogP contribution in [-0.2, 0) is 4.79 Å². The van der Waals surface area contributed by atoms with E-state index >= 15 is 0 Å². The molecule has 98 valence electrons. The zero-order valence-electron chi connectivity index (χ0n) is 10.5. The molecule has 6 heteroatoms. The standard InChI is InChI=1S/C12H17N3O3/c1-9(14(2)12(16)6-7-13)10-4-3-5-11(8-10)15(17)18/h3-5,8-9H,6-7,13H2,1-2H3. The molecule has 2 N–H and O–H groups in total. The molecule has 0 heterocycles. The van der Waals surface area contributed by atoms with E-state index < -0.39 is 4.92 Å². The minimum absolute atomic E-state index is 0.0269. The zero-order valence-corrected chi connectivity index (χ0v) is 10.5. The Bertz CT molecular complexity index is 448. The van der Waals surface area contributed by atoms with Gasteiger partial charge in [0.05, 0.1) is 11.0 Å². The Morgan fingerprint density at radius 1 is 1.56 bits per heavy atom. The van der Waals surface area contributed by atoms with Crippen LogP contribution < -0.4 is 5.73 Å². The first-order valence-corrected chi connectivity index (χ1v) is 5.67. The van der Waals surface area contributed by atoms with Gasteiger partial charge in [-0.3, -0.25) is 14.9 Å². The third kappa shape index (κ3) is 3.27. The van der Waals surface area contributed by atoms with Gasteiger partial charge in [0.25, 0.3) is 5.69 Å². The van der Waals surface area contributed by atoms with Gasteiger partial charge in [-0.15, -0.1) is 0 Å². The van der Waals surface area contributed by atoms with Crippen LogP contribution in [-0.4, -0.2) is 29.3 Å². The second-order valence-corrected chi connectivity index (χ2v) is 4.07. The maximum absolute atomic E-state index is 11.7. The third-order valence-corrected chi connectivity index (χ3v) is 2.90. The van der Waals surface area contributed by atoms with Gasteiger partial charge in [-0.05, 0) is 12.5 Å². The molecule has 18 heavy (non-hydrogen) atoms. The number of non-ortho nitro benzene ring substituents is 1. The largest absolute Gasteiger partial charge is 0.339 e. The highest BCUT2D eigenvalue weighted by Crippen LogP contribution is 2.23. The van der Waals surface area contributed by atoms with Gasteiger partial charge in [-0.25, -0.2) is 0 Å². The van der Waals surface area contributed by atoms with E-state index in [1.807, 2.05) is 6.92 Å². The molecule has 1 rings (SSSR count). The molecule has 1 aromatic carbocycles. The van der Waals surface area contributed by atoms with E-state index in [1.165, 1.54) is 12.1 Å². The Kier molecular flexibility index (Phi) is 4.79. The number of amides is 1. The number of nitro benzene ring substituents is 1. The molecule has 0 aliphatic carbocycles. The highest BCUT2D eigenvalue weighted by molar-refractivity contribution is 5.76. The predicted octanol–water partition coefficient (Wildman–Crippen LogP) is 1.46. The van der Waals surface area contributed by atoms with Crippen molar-refractivity contribution >= 4 is 11.6 Å². The summed E-state index contributed by atoms with van der Waals surface area (Å²) < 4.78 is 0. The smallest absolute Gasteiger partial charge is 0.269 e. The molecule has 6 nitrogen and oxygen atoms in total. The van der Waals surface area contributed by atoms with Crippen LogP contribution in [0.2, 0.25) is 0 Å². The predicted molar refractivity (Wildman–Crippen MR) is 68.0 cm³/mol. The average molecular weight is 251 g/mol. The van der Waals surface area contributed by atoms with Crippen molar-refractivity contribution in [3.8, 4) is 0 Å². The van der Waals surface area contributed by atoms with Gasteiger partial charge >= 0.3 is 0 Å². The van der Waals surface area contributed by atoms with Crippen molar-refractivity contribution in [3.63, 3.8) is 0 Å². The van der Waals surface area contributed by atoms with E-state index in [-0.39, 0.29) is 24.1 Å². The molecule has 0 aromatic heterocycles. The first-order valence-electron chi connectivity index (χ1n) is 5.67. The van der Waals surface area contributed by atoms with Crippen molar-refractivity contribution in [2.45, 2.75) is 19.4 Å². The summed E-state index contributed by atoms with van der Waals surface area (Å²) in [6.45, 7) is 2.12. The third-order valence-electron chi connectivity index (χ3n) is 2.90. The molecule has 0 radical (unpaired) electrons. The maximum atomic E-state index is 11.7. The van der Waals surface area contributed by atoms with Gasteiger partial charge in [0.2, 0.25) is 5.91 Å². The molecular formula is C12H17N3O3. The van der Waals surface area contributed by atoms with Crippen molar-refractivity contribution in [1.82, 2.24) is 4.90 Å². The molecule has 1 aromatic rings. The number of benzene rings is 1. The number of nitro groups is 1. The van der Waals surface area contributed by atoms with Crippen molar-refractivity contribution < 1.29 is 9.72 Å². The van der Waals surface area contributed by atoms with E-state index in [9.17, 15) is 14.9 Å². The molecule has 0 bridgehead atoms. The lowest BCUT2D eigenvalue weighted by molar-refractivity contribution is -0.384. The minimum atomic E-state index is -0.447. The Morgan fingerprint density at radius 2 is 2.22 bits per heavy atom. The monoisotopic (exact) mass is 251 g/mol. The number of hydrogen-bond acceptors (Lipinski definition) is 4. The number of rotatable bonds is 5. The van der Waals surface area contributed by atoms with Crippen LogP contribution in [0.25, 0.3) is 0 Å². The summed E-state index contributed by atoms with van der Waals surface area (Å²) in [6.07, 6.45) is 0.274. The lowest BCUT2D eigenvalue weighted by Crippen LogP contribution is -2.31. The van der Waals surface area contributed by atoms with Crippen LogP contribution in [0.15, 0.2) is 24.3 Å². The normalized spacial score (nSPS) is 11.9. The number of hydrogen-bond donors (Lipinski definition) is 1. The van der Waals surface area contributed by atoms with E-state index in [1.54, 1.807) is 24.1 Å². The molecule has 0 aliphatic rings. The molecule has 1 atom stereocenters. The van der Waals surface area contributed by atoms with E-state index in [4.69, 9.17) is 5.73 Å². The van der Waals surface area contributed by atoms with Crippen LogP contribution in [0.3, 0.4) is 0 Å². The topological polar surface area (TPSA) is 89.5 Å². The molecular weight excluding hydrogens is 234 g/mol. The summed E-state index contributed by atoms with van der Waals surface area (Å²) in [6, 6.07) is 6.08. The Hall–Kier alpha value is -1.95. The maximum Gasteiger partial charge on any atom is 0.269 e. The number of nitrogens with zero attached hydrogens (tertiary/aromatic N) is 2. The highest BCUT2D eigenvalue weighted by Gasteiger charge is 2.18. The molecule has 0 fully saturated rings. The number of nitrogens with two attached hydrogens (primary N) is 1. The van der Waals surface area contributed by atoms with E-state index in [0.717, 1.165) is 5.56 Å². The summed E-state index contributed by atoms with van der Waals surface area (Å²) >= 11 is 0. The first-order chi connectivity index (χ1) is 8.47. The van der Waals surface area contributed by atoms with Gasteiger partial charge in [0.15, 0.2) is 0 Å². The molecule has 0 saturated carbocycles. The number of carbonyl (C=O) groups excluding carboxylic acids is 1. The van der Waals surface area contributed by atoms with Gasteiger partial charge in [-0.2, -0.15) is 0 Å². The van der Waals surface area contributed by atoms with Crippen molar-refractivity contribution in [2.75, 3.05) is 13.6 Å². The molecule has 0 spiro atoms. The van der Waals surface area contributed by atoms with Crippen molar-refractivity contribution in [2.24, 2.45) is 5.73 Å². The lowest BCUT2D eigenvalue weighted by Gasteiger charge is -2.25. The first kappa shape index (κ1) is 14.1. The lowest BCUT2D eigenvalue weighted by atomic mass is 10.1. The SMILES string of the molecule is CC(c1cccc([N+](=O)[O-])c1)N(C)C(=O)CCN. The average Bonchev–Trinajstić information content (AvgIpc) is 2.37. The van der Waals surface area contributed by atoms with Crippen LogP contribution in [0.5, 0.6) is 0 Å². The van der Waals surface area contributed by atoms with Crippen molar-refractivity contribution in [3.05, 3.63) is 39.9 Å². The summed E-state index contributed by atoms with van der Waals surface area (Å²) in [5, 5.41) is 10.7. The Labute approximate surface area is 106 Å².